The lowest BCUT2D eigenvalue weighted by atomic mass is 9.99. The summed E-state index contributed by atoms with van der Waals surface area (Å²) in [7, 11) is -0.738. The van der Waals surface area contributed by atoms with Crippen molar-refractivity contribution in [2.45, 2.75) is 62.8 Å². The van der Waals surface area contributed by atoms with Gasteiger partial charge in [-0.2, -0.15) is 4.36 Å². The molecule has 0 spiro atoms. The highest BCUT2D eigenvalue weighted by Crippen LogP contribution is 2.38. The number of benzene rings is 2. The van der Waals surface area contributed by atoms with E-state index in [1.807, 2.05) is 30.5 Å². The summed E-state index contributed by atoms with van der Waals surface area (Å²) in [6, 6.07) is 9.69. The van der Waals surface area contributed by atoms with Gasteiger partial charge in [0.2, 0.25) is 5.91 Å². The Labute approximate surface area is 203 Å². The number of nitrogens with two attached hydrogens (primary N) is 1. The first kappa shape index (κ1) is 24.2. The lowest BCUT2D eigenvalue weighted by Gasteiger charge is -2.22. The average molecular weight is 479 g/mol. The summed E-state index contributed by atoms with van der Waals surface area (Å²) in [5.41, 5.74) is 7.29. The maximum absolute atomic E-state index is 13.0. The Kier molecular flexibility index (Phi) is 7.20. The highest BCUT2D eigenvalue weighted by molar-refractivity contribution is 8.02. The molecule has 7 heteroatoms. The van der Waals surface area contributed by atoms with Crippen molar-refractivity contribution in [2.75, 3.05) is 18.6 Å². The Morgan fingerprint density at radius 3 is 2.32 bits per heavy atom. The molecule has 0 radical (unpaired) electrons. The van der Waals surface area contributed by atoms with Crippen LogP contribution in [-0.4, -0.2) is 30.1 Å². The van der Waals surface area contributed by atoms with E-state index in [0.717, 1.165) is 54.7 Å². The van der Waals surface area contributed by atoms with Crippen LogP contribution < -0.4 is 10.5 Å². The second-order valence-electron chi connectivity index (χ2n) is 9.41. The van der Waals surface area contributed by atoms with Gasteiger partial charge in [0.25, 0.3) is 0 Å². The van der Waals surface area contributed by atoms with Crippen LogP contribution in [0.25, 0.3) is 0 Å². The van der Waals surface area contributed by atoms with Crippen LogP contribution in [0.2, 0.25) is 0 Å². The molecule has 2 aliphatic carbocycles. The second kappa shape index (κ2) is 10.1. The van der Waals surface area contributed by atoms with Crippen molar-refractivity contribution in [3.8, 4) is 12.3 Å². The van der Waals surface area contributed by atoms with Crippen molar-refractivity contribution < 1.29 is 9.59 Å². The predicted molar refractivity (Wildman–Crippen MR) is 140 cm³/mol. The number of carbonyl (C=O) groups is 2. The van der Waals surface area contributed by atoms with Crippen molar-refractivity contribution in [1.29, 1.82) is 0 Å². The molecule has 0 fully saturated rings. The molecule has 4 rings (SSSR count). The molecule has 0 atom stereocenters. The summed E-state index contributed by atoms with van der Waals surface area (Å²) in [5, 5.41) is 9.69. The smallest absolute Gasteiger partial charge is 0.341 e. The molecule has 0 saturated carbocycles. The maximum atomic E-state index is 13.0. The molecule has 0 saturated heterocycles. The summed E-state index contributed by atoms with van der Waals surface area (Å²) in [6.45, 7) is 0.491. The molecule has 34 heavy (non-hydrogen) atoms. The number of terminal acetylenes is 1. The van der Waals surface area contributed by atoms with Crippen LogP contribution in [0.1, 0.15) is 53.5 Å². The fourth-order valence-electron chi connectivity index (χ4n) is 4.98. The van der Waals surface area contributed by atoms with E-state index in [2.05, 4.69) is 21.7 Å². The molecule has 0 unspecified atom stereocenters. The summed E-state index contributed by atoms with van der Waals surface area (Å²) < 4.78 is 4.43. The third-order valence-corrected chi connectivity index (χ3v) is 8.73. The van der Waals surface area contributed by atoms with Gasteiger partial charge in [-0.05, 0) is 84.7 Å². The Morgan fingerprint density at radius 2 is 1.74 bits per heavy atom. The predicted octanol–water partition coefficient (Wildman–Crippen LogP) is 4.20. The first-order valence-electron chi connectivity index (χ1n) is 11.9. The number of hydrogen-bond donors (Lipinski definition) is 3. The number of urea groups is 1. The van der Waals surface area contributed by atoms with Gasteiger partial charge in [-0.3, -0.25) is 9.93 Å². The number of aryl methyl sites for hydroxylation is 2. The van der Waals surface area contributed by atoms with E-state index in [1.54, 1.807) is 11.9 Å². The number of amides is 3. The summed E-state index contributed by atoms with van der Waals surface area (Å²) in [5.74, 6) is 2.51. The molecular formula is C27H34N4O2S. The molecule has 180 valence electrons. The van der Waals surface area contributed by atoms with Crippen LogP contribution in [0.3, 0.4) is 0 Å². The molecule has 3 N–H and O–H groups in total. The van der Waals surface area contributed by atoms with E-state index in [1.165, 1.54) is 22.3 Å². The van der Waals surface area contributed by atoms with Crippen LogP contribution in [0, 0.1) is 12.3 Å². The second-order valence-corrected chi connectivity index (χ2v) is 12.2. The zero-order valence-corrected chi connectivity index (χ0v) is 21.0. The van der Waals surface area contributed by atoms with Gasteiger partial charge >= 0.3 is 6.03 Å². The quantitative estimate of drug-likeness (QED) is 0.430. The van der Waals surface area contributed by atoms with Gasteiger partial charge in [-0.1, -0.05) is 18.2 Å². The molecule has 0 bridgehead atoms. The topological polar surface area (TPSA) is 87.8 Å². The van der Waals surface area contributed by atoms with Gasteiger partial charge in [-0.25, -0.2) is 4.79 Å². The standard InChI is InChI=1S/C27H34N4O2S/c1-4-5-12-25(32)31(2)18-19-13-15-22(16-14-19)34(3,28)30-27(33)29-26-23-10-6-8-20(23)17-21-9-7-11-24(21)26/h1,13-17,34H,5-12,18H2,2-3H3,(H3,28,29,30,33). The van der Waals surface area contributed by atoms with E-state index < -0.39 is 10.0 Å². The molecule has 2 aromatic carbocycles. The lowest BCUT2D eigenvalue weighted by molar-refractivity contribution is -0.130. The number of fused-ring (bicyclic) bond motifs is 2. The normalized spacial score (nSPS) is 14.6. The van der Waals surface area contributed by atoms with Crippen molar-refractivity contribution >= 4 is 27.6 Å². The van der Waals surface area contributed by atoms with Crippen molar-refractivity contribution in [3.63, 3.8) is 0 Å². The van der Waals surface area contributed by atoms with Gasteiger partial charge in [0.05, 0.1) is 0 Å². The number of nitrogens with one attached hydrogen (secondary N) is 1. The van der Waals surface area contributed by atoms with Crippen molar-refractivity contribution in [1.82, 2.24) is 4.90 Å². The summed E-state index contributed by atoms with van der Waals surface area (Å²) in [6.07, 6.45) is 14.3. The zero-order valence-electron chi connectivity index (χ0n) is 20.1. The molecule has 2 aromatic rings. The number of rotatable bonds is 6. The van der Waals surface area contributed by atoms with Crippen LogP contribution in [0.5, 0.6) is 0 Å². The molecule has 0 aliphatic heterocycles. The van der Waals surface area contributed by atoms with E-state index in [0.29, 0.717) is 19.4 Å². The van der Waals surface area contributed by atoms with Gasteiger partial charge in [-0.15, -0.1) is 22.4 Å². The Morgan fingerprint density at radius 1 is 1.12 bits per heavy atom. The minimum absolute atomic E-state index is 0.0174. The fraction of sp³-hybridized carbons (Fsp3) is 0.407. The Balaban J connectivity index is 1.48. The number of carbonyl (C=O) groups excluding carboxylic acids is 2. The van der Waals surface area contributed by atoms with Crippen LogP contribution in [0.15, 0.2) is 39.6 Å². The number of nitrogens with zero attached hydrogens (tertiary/aromatic N) is 2. The highest BCUT2D eigenvalue weighted by Gasteiger charge is 2.25. The van der Waals surface area contributed by atoms with Crippen molar-refractivity contribution in [2.24, 2.45) is 9.50 Å². The first-order chi connectivity index (χ1) is 16.3. The average Bonchev–Trinajstić information content (AvgIpc) is 3.46. The van der Waals surface area contributed by atoms with E-state index in [4.69, 9.17) is 11.6 Å². The maximum Gasteiger partial charge on any atom is 0.351 e. The van der Waals surface area contributed by atoms with E-state index >= 15 is 0 Å². The van der Waals surface area contributed by atoms with Gasteiger partial charge in [0.1, 0.15) is 0 Å². The van der Waals surface area contributed by atoms with Crippen LogP contribution in [0.4, 0.5) is 10.5 Å². The van der Waals surface area contributed by atoms with Crippen molar-refractivity contribution in [3.05, 3.63) is 58.1 Å². The molecule has 6 nitrogen and oxygen atoms in total. The molecule has 0 aromatic heterocycles. The Hall–Kier alpha value is -2.95. The zero-order chi connectivity index (χ0) is 24.3. The van der Waals surface area contributed by atoms with Crippen LogP contribution >= 0.6 is 0 Å². The molecule has 0 heterocycles. The van der Waals surface area contributed by atoms with Gasteiger partial charge in [0, 0.05) is 37.0 Å². The van der Waals surface area contributed by atoms with E-state index in [-0.39, 0.29) is 11.9 Å². The third-order valence-electron chi connectivity index (χ3n) is 6.79. The molecule has 3 amide bonds. The summed E-state index contributed by atoms with van der Waals surface area (Å²) in [4.78, 5) is 27.6. The first-order valence-corrected chi connectivity index (χ1v) is 14.2. The monoisotopic (exact) mass is 478 g/mol. The SMILES string of the molecule is C#CCCC(=O)N(C)Cc1ccc([SH](C)(N)=NC(=O)Nc2c3c(cc4c2CCC4)CCC3)cc1. The fourth-order valence-corrected chi connectivity index (χ4v) is 6.28. The summed E-state index contributed by atoms with van der Waals surface area (Å²) >= 11 is 0. The van der Waals surface area contributed by atoms with Gasteiger partial charge < -0.3 is 10.2 Å². The third kappa shape index (κ3) is 5.24. The highest BCUT2D eigenvalue weighted by atomic mass is 32.2. The molecule has 2 aliphatic rings. The molecular weight excluding hydrogens is 444 g/mol. The number of anilines is 1. The largest absolute Gasteiger partial charge is 0.351 e. The Bertz CT molecular complexity index is 1170. The minimum atomic E-state index is -2.51. The number of thiol groups is 1. The van der Waals surface area contributed by atoms with Gasteiger partial charge in [0.15, 0.2) is 0 Å². The number of hydrogen-bond acceptors (Lipinski definition) is 2. The minimum Gasteiger partial charge on any atom is -0.341 e. The van der Waals surface area contributed by atoms with Crippen LogP contribution in [-0.2, 0) is 47.0 Å². The van der Waals surface area contributed by atoms with E-state index in [9.17, 15) is 9.59 Å². The lowest BCUT2D eigenvalue weighted by Crippen LogP contribution is -2.26.